The van der Waals surface area contributed by atoms with E-state index in [4.69, 9.17) is 0 Å². The van der Waals surface area contributed by atoms with Gasteiger partial charge in [-0.1, -0.05) is 0 Å². The van der Waals surface area contributed by atoms with E-state index in [9.17, 15) is 8.42 Å². The standard InChI is InChI=1S/C18H28N6O2S/c1-13-18(14(2)22(3)21-13)27(25,26)24-8-4-5-16(11-24)9-17-20-19-12-23(17)10-15-6-7-15/h12,15-16H,4-11H2,1-3H3. The summed E-state index contributed by atoms with van der Waals surface area (Å²) in [4.78, 5) is 0.363. The predicted octanol–water partition coefficient (Wildman–Crippen LogP) is 1.68. The molecule has 2 aromatic rings. The minimum Gasteiger partial charge on any atom is -0.317 e. The van der Waals surface area contributed by atoms with Gasteiger partial charge in [0.15, 0.2) is 0 Å². The third kappa shape index (κ3) is 3.67. The molecule has 1 aliphatic heterocycles. The maximum absolute atomic E-state index is 13.3. The molecular weight excluding hydrogens is 364 g/mol. The summed E-state index contributed by atoms with van der Waals surface area (Å²) >= 11 is 0. The molecule has 0 aromatic carbocycles. The average molecular weight is 393 g/mol. The molecule has 9 heteroatoms. The SMILES string of the molecule is Cc1nn(C)c(C)c1S(=O)(=O)N1CCCC(Cc2nncn2CC2CC2)C1. The monoisotopic (exact) mass is 392 g/mol. The second kappa shape index (κ2) is 7.01. The number of hydrogen-bond acceptors (Lipinski definition) is 5. The number of hydrogen-bond donors (Lipinski definition) is 0. The molecular formula is C18H28N6O2S. The fourth-order valence-corrected chi connectivity index (χ4v) is 6.05. The quantitative estimate of drug-likeness (QED) is 0.747. The van der Waals surface area contributed by atoms with Gasteiger partial charge in [-0.05, 0) is 51.4 Å². The lowest BCUT2D eigenvalue weighted by atomic mass is 9.96. The molecule has 2 aliphatic rings. The summed E-state index contributed by atoms with van der Waals surface area (Å²) in [6.45, 7) is 5.68. The first-order chi connectivity index (χ1) is 12.9. The van der Waals surface area contributed by atoms with E-state index in [1.807, 2.05) is 13.3 Å². The van der Waals surface area contributed by atoms with Crippen LogP contribution in [0.4, 0.5) is 0 Å². The Morgan fingerprint density at radius 1 is 1.19 bits per heavy atom. The van der Waals surface area contributed by atoms with E-state index in [1.54, 1.807) is 23.0 Å². The highest BCUT2D eigenvalue weighted by atomic mass is 32.2. The van der Waals surface area contributed by atoms with Crippen LogP contribution in [0.2, 0.25) is 0 Å². The van der Waals surface area contributed by atoms with Crippen LogP contribution in [0.1, 0.15) is 42.9 Å². The van der Waals surface area contributed by atoms with Crippen molar-refractivity contribution >= 4 is 10.0 Å². The summed E-state index contributed by atoms with van der Waals surface area (Å²) in [6, 6.07) is 0. The van der Waals surface area contributed by atoms with Gasteiger partial charge in [0.2, 0.25) is 10.0 Å². The molecule has 1 atom stereocenters. The topological polar surface area (TPSA) is 85.9 Å². The molecule has 4 rings (SSSR count). The van der Waals surface area contributed by atoms with E-state index in [0.29, 0.717) is 29.4 Å². The first kappa shape index (κ1) is 18.6. The minimum absolute atomic E-state index is 0.271. The van der Waals surface area contributed by atoms with Gasteiger partial charge in [-0.25, -0.2) is 8.42 Å². The maximum atomic E-state index is 13.3. The summed E-state index contributed by atoms with van der Waals surface area (Å²) in [7, 11) is -1.74. The Kier molecular flexibility index (Phi) is 4.84. The van der Waals surface area contributed by atoms with Crippen molar-refractivity contribution in [3.63, 3.8) is 0 Å². The summed E-state index contributed by atoms with van der Waals surface area (Å²) < 4.78 is 31.9. The zero-order chi connectivity index (χ0) is 19.2. The fraction of sp³-hybridized carbons (Fsp3) is 0.722. The van der Waals surface area contributed by atoms with Gasteiger partial charge in [0.05, 0.1) is 11.4 Å². The van der Waals surface area contributed by atoms with Gasteiger partial charge in [-0.2, -0.15) is 9.40 Å². The van der Waals surface area contributed by atoms with Crippen molar-refractivity contribution in [1.82, 2.24) is 28.9 Å². The number of aromatic nitrogens is 5. The molecule has 0 bridgehead atoms. The third-order valence-corrected chi connectivity index (χ3v) is 7.96. The number of rotatable bonds is 6. The molecule has 3 heterocycles. The van der Waals surface area contributed by atoms with Gasteiger partial charge in [0, 0.05) is 33.1 Å². The van der Waals surface area contributed by atoms with E-state index >= 15 is 0 Å². The summed E-state index contributed by atoms with van der Waals surface area (Å²) in [5.41, 5.74) is 1.26. The number of nitrogens with zero attached hydrogens (tertiary/aromatic N) is 6. The first-order valence-electron chi connectivity index (χ1n) is 9.73. The molecule has 1 saturated heterocycles. The van der Waals surface area contributed by atoms with Crippen LogP contribution in [-0.4, -0.2) is 50.4 Å². The lowest BCUT2D eigenvalue weighted by molar-refractivity contribution is 0.261. The molecule has 2 fully saturated rings. The van der Waals surface area contributed by atoms with E-state index in [0.717, 1.165) is 37.5 Å². The lowest BCUT2D eigenvalue weighted by Crippen LogP contribution is -2.41. The van der Waals surface area contributed by atoms with Crippen LogP contribution in [0.25, 0.3) is 0 Å². The molecule has 1 saturated carbocycles. The van der Waals surface area contributed by atoms with Crippen LogP contribution >= 0.6 is 0 Å². The Morgan fingerprint density at radius 2 is 1.96 bits per heavy atom. The molecule has 2 aromatic heterocycles. The molecule has 27 heavy (non-hydrogen) atoms. The van der Waals surface area contributed by atoms with Crippen molar-refractivity contribution in [1.29, 1.82) is 0 Å². The molecule has 8 nitrogen and oxygen atoms in total. The van der Waals surface area contributed by atoms with E-state index < -0.39 is 10.0 Å². The molecule has 1 unspecified atom stereocenters. The highest BCUT2D eigenvalue weighted by molar-refractivity contribution is 7.89. The zero-order valence-electron chi connectivity index (χ0n) is 16.3. The number of sulfonamides is 1. The smallest absolute Gasteiger partial charge is 0.246 e. The van der Waals surface area contributed by atoms with E-state index in [1.165, 1.54) is 12.8 Å². The molecule has 1 aliphatic carbocycles. The van der Waals surface area contributed by atoms with Gasteiger partial charge in [-0.15, -0.1) is 10.2 Å². The highest BCUT2D eigenvalue weighted by Gasteiger charge is 2.34. The predicted molar refractivity (Wildman–Crippen MR) is 101 cm³/mol. The van der Waals surface area contributed by atoms with Crippen molar-refractivity contribution < 1.29 is 8.42 Å². The third-order valence-electron chi connectivity index (χ3n) is 5.84. The van der Waals surface area contributed by atoms with E-state index in [2.05, 4.69) is 19.9 Å². The summed E-state index contributed by atoms with van der Waals surface area (Å²) in [5, 5.41) is 12.7. The van der Waals surface area contributed by atoms with Gasteiger partial charge in [0.1, 0.15) is 17.0 Å². The second-order valence-electron chi connectivity index (χ2n) is 8.04. The maximum Gasteiger partial charge on any atom is 0.246 e. The lowest BCUT2D eigenvalue weighted by Gasteiger charge is -2.31. The molecule has 148 valence electrons. The van der Waals surface area contributed by atoms with Gasteiger partial charge >= 0.3 is 0 Å². The highest BCUT2D eigenvalue weighted by Crippen LogP contribution is 2.32. The number of piperidine rings is 1. The summed E-state index contributed by atoms with van der Waals surface area (Å²) in [5.74, 6) is 2.02. The normalized spacial score (nSPS) is 21.7. The van der Waals surface area contributed by atoms with Crippen molar-refractivity contribution in [2.45, 2.75) is 57.4 Å². The summed E-state index contributed by atoms with van der Waals surface area (Å²) in [6.07, 6.45) is 7.07. The van der Waals surface area contributed by atoms with Gasteiger partial charge in [-0.3, -0.25) is 4.68 Å². The van der Waals surface area contributed by atoms with Crippen molar-refractivity contribution in [2.75, 3.05) is 13.1 Å². The Bertz CT molecular complexity index is 928. The molecule has 0 amide bonds. The fourth-order valence-electron chi connectivity index (χ4n) is 4.09. The van der Waals surface area contributed by atoms with Crippen LogP contribution in [0, 0.1) is 25.7 Å². The molecule has 0 spiro atoms. The van der Waals surface area contributed by atoms with Crippen LogP contribution in [0.5, 0.6) is 0 Å². The average Bonchev–Trinajstić information content (AvgIpc) is 3.27. The first-order valence-corrected chi connectivity index (χ1v) is 11.2. The van der Waals surface area contributed by atoms with Gasteiger partial charge in [0.25, 0.3) is 0 Å². The van der Waals surface area contributed by atoms with Crippen LogP contribution in [0.15, 0.2) is 11.2 Å². The molecule has 0 radical (unpaired) electrons. The zero-order valence-corrected chi connectivity index (χ0v) is 17.1. The Morgan fingerprint density at radius 3 is 2.63 bits per heavy atom. The van der Waals surface area contributed by atoms with Crippen LogP contribution in [0.3, 0.4) is 0 Å². The Balaban J connectivity index is 1.50. The largest absolute Gasteiger partial charge is 0.317 e. The Labute approximate surface area is 160 Å². The van der Waals surface area contributed by atoms with E-state index in [-0.39, 0.29) is 5.92 Å². The minimum atomic E-state index is -3.53. The van der Waals surface area contributed by atoms with Crippen molar-refractivity contribution in [3.8, 4) is 0 Å². The van der Waals surface area contributed by atoms with Crippen molar-refractivity contribution in [3.05, 3.63) is 23.5 Å². The van der Waals surface area contributed by atoms with Crippen LogP contribution < -0.4 is 0 Å². The molecule has 0 N–H and O–H groups in total. The van der Waals surface area contributed by atoms with Crippen molar-refractivity contribution in [2.24, 2.45) is 18.9 Å². The number of aryl methyl sites for hydroxylation is 2. The second-order valence-corrected chi connectivity index (χ2v) is 9.92. The van der Waals surface area contributed by atoms with Crippen LogP contribution in [-0.2, 0) is 30.0 Å². The Hall–Kier alpha value is -1.74. The van der Waals surface area contributed by atoms with Gasteiger partial charge < -0.3 is 4.57 Å².